The van der Waals surface area contributed by atoms with Crippen LogP contribution in [0.5, 0.6) is 0 Å². The number of fused-ring (bicyclic) bond motifs is 1. The van der Waals surface area contributed by atoms with E-state index in [1.807, 2.05) is 60.1 Å². The van der Waals surface area contributed by atoms with Crippen LogP contribution in [0.4, 0.5) is 0 Å². The van der Waals surface area contributed by atoms with Crippen LogP contribution in [-0.2, 0) is 0 Å². The van der Waals surface area contributed by atoms with Crippen LogP contribution in [0.25, 0.3) is 27.7 Å². The third-order valence-corrected chi connectivity index (χ3v) is 4.48. The minimum Gasteiger partial charge on any atom is -0.289 e. The fourth-order valence-corrected chi connectivity index (χ4v) is 3.19. The maximum absolute atomic E-state index is 12.1. The van der Waals surface area contributed by atoms with E-state index < -0.39 is 5.91 Å². The molecular formula is C21H18N4O. The second-order valence-electron chi connectivity index (χ2n) is 6.11. The molecule has 26 heavy (non-hydrogen) atoms. The molecule has 0 atom stereocenters. The van der Waals surface area contributed by atoms with Gasteiger partial charge in [-0.3, -0.25) is 10.2 Å². The molecule has 0 aliphatic carbocycles. The van der Waals surface area contributed by atoms with Gasteiger partial charge >= 0.3 is 0 Å². The molecule has 4 rings (SSSR count). The Bertz CT molecular complexity index is 1110. The van der Waals surface area contributed by atoms with Gasteiger partial charge in [0.2, 0.25) is 0 Å². The lowest BCUT2D eigenvalue weighted by Crippen LogP contribution is -2.30. The number of benzene rings is 3. The van der Waals surface area contributed by atoms with Crippen molar-refractivity contribution in [1.29, 1.82) is 0 Å². The van der Waals surface area contributed by atoms with Crippen LogP contribution in [-0.4, -0.2) is 15.7 Å². The number of para-hydroxylation sites is 1. The Hall–Kier alpha value is -3.44. The zero-order chi connectivity index (χ0) is 18.1. The van der Waals surface area contributed by atoms with E-state index in [0.29, 0.717) is 0 Å². The van der Waals surface area contributed by atoms with Crippen molar-refractivity contribution in [1.82, 2.24) is 15.2 Å². The van der Waals surface area contributed by atoms with Crippen LogP contribution in [0, 0.1) is 6.92 Å². The van der Waals surface area contributed by atoms with Crippen LogP contribution in [0.2, 0.25) is 0 Å². The number of nitrogen functional groups attached to an aromatic ring is 1. The van der Waals surface area contributed by atoms with Crippen molar-refractivity contribution in [2.45, 2.75) is 6.92 Å². The number of aryl methyl sites for hydroxylation is 1. The average Bonchev–Trinajstić information content (AvgIpc) is 3.12. The smallest absolute Gasteiger partial charge is 0.285 e. The molecule has 4 aromatic rings. The topological polar surface area (TPSA) is 72.9 Å². The monoisotopic (exact) mass is 342 g/mol. The van der Waals surface area contributed by atoms with Crippen LogP contribution >= 0.6 is 0 Å². The summed E-state index contributed by atoms with van der Waals surface area (Å²) >= 11 is 0. The number of nitrogens with two attached hydrogens (primary N) is 1. The first-order valence-electron chi connectivity index (χ1n) is 8.34. The molecule has 1 heterocycles. The fourth-order valence-electron chi connectivity index (χ4n) is 3.19. The zero-order valence-corrected chi connectivity index (χ0v) is 14.3. The summed E-state index contributed by atoms with van der Waals surface area (Å²) < 4.78 is 1.81. The maximum Gasteiger partial charge on any atom is 0.285 e. The minimum absolute atomic E-state index is 0.277. The third-order valence-electron chi connectivity index (χ3n) is 4.48. The van der Waals surface area contributed by atoms with Gasteiger partial charge in [-0.2, -0.15) is 5.10 Å². The Morgan fingerprint density at radius 1 is 1.00 bits per heavy atom. The van der Waals surface area contributed by atoms with Crippen LogP contribution in [0.15, 0.2) is 72.8 Å². The average molecular weight is 342 g/mol. The number of hydrogen-bond donors (Lipinski definition) is 2. The summed E-state index contributed by atoms with van der Waals surface area (Å²) in [5.41, 5.74) is 6.28. The van der Waals surface area contributed by atoms with E-state index in [1.54, 1.807) is 6.07 Å². The SMILES string of the molecule is Cc1ccccc1-n1nc(C(=O)NN)cc1-c1cccc2ccccc12. The molecule has 1 amide bonds. The third kappa shape index (κ3) is 2.64. The normalized spacial score (nSPS) is 10.8. The highest BCUT2D eigenvalue weighted by Crippen LogP contribution is 2.31. The molecule has 0 aliphatic rings. The number of hydrogen-bond acceptors (Lipinski definition) is 3. The molecule has 5 heteroatoms. The first-order valence-corrected chi connectivity index (χ1v) is 8.34. The summed E-state index contributed by atoms with van der Waals surface area (Å²) in [6.07, 6.45) is 0. The van der Waals surface area contributed by atoms with Crippen molar-refractivity contribution in [2.24, 2.45) is 5.84 Å². The molecule has 3 N–H and O–H groups in total. The Labute approximate surface area is 151 Å². The molecule has 128 valence electrons. The molecule has 0 spiro atoms. The van der Waals surface area contributed by atoms with Crippen molar-refractivity contribution in [3.8, 4) is 16.9 Å². The summed E-state index contributed by atoms with van der Waals surface area (Å²) in [5, 5.41) is 6.75. The number of carbonyl (C=O) groups excluding carboxylic acids is 1. The number of aromatic nitrogens is 2. The molecule has 0 fully saturated rings. The summed E-state index contributed by atoms with van der Waals surface area (Å²) in [6, 6.07) is 24.0. The van der Waals surface area contributed by atoms with Crippen molar-refractivity contribution in [2.75, 3.05) is 0 Å². The van der Waals surface area contributed by atoms with E-state index in [1.165, 1.54) is 0 Å². The number of rotatable bonds is 3. The van der Waals surface area contributed by atoms with Gasteiger partial charge in [0.1, 0.15) is 0 Å². The van der Waals surface area contributed by atoms with E-state index in [9.17, 15) is 4.79 Å². The van der Waals surface area contributed by atoms with Crippen molar-refractivity contribution >= 4 is 16.7 Å². The van der Waals surface area contributed by atoms with E-state index in [-0.39, 0.29) is 5.69 Å². The van der Waals surface area contributed by atoms with Crippen LogP contribution in [0.3, 0.4) is 0 Å². The Morgan fingerprint density at radius 2 is 1.73 bits per heavy atom. The Morgan fingerprint density at radius 3 is 2.54 bits per heavy atom. The summed E-state index contributed by atoms with van der Waals surface area (Å²) in [4.78, 5) is 12.1. The Kier molecular flexibility index (Phi) is 3.99. The van der Waals surface area contributed by atoms with Gasteiger partial charge in [-0.15, -0.1) is 0 Å². The van der Waals surface area contributed by atoms with E-state index in [2.05, 4.69) is 28.7 Å². The number of nitrogens with zero attached hydrogens (tertiary/aromatic N) is 2. The molecule has 0 aliphatic heterocycles. The van der Waals surface area contributed by atoms with E-state index in [4.69, 9.17) is 5.84 Å². The highest BCUT2D eigenvalue weighted by molar-refractivity contribution is 5.98. The molecule has 3 aromatic carbocycles. The molecule has 0 unspecified atom stereocenters. The molecule has 1 aromatic heterocycles. The van der Waals surface area contributed by atoms with Gasteiger partial charge in [0.25, 0.3) is 5.91 Å². The number of nitrogens with one attached hydrogen (secondary N) is 1. The highest BCUT2D eigenvalue weighted by atomic mass is 16.2. The van der Waals surface area contributed by atoms with Gasteiger partial charge < -0.3 is 0 Å². The molecule has 5 nitrogen and oxygen atoms in total. The predicted octanol–water partition coefficient (Wildman–Crippen LogP) is 3.60. The largest absolute Gasteiger partial charge is 0.289 e. The van der Waals surface area contributed by atoms with Crippen LogP contribution in [0.1, 0.15) is 16.1 Å². The predicted molar refractivity (Wildman–Crippen MR) is 103 cm³/mol. The van der Waals surface area contributed by atoms with Gasteiger partial charge in [-0.05, 0) is 35.4 Å². The Balaban J connectivity index is 2.02. The van der Waals surface area contributed by atoms with Crippen molar-refractivity contribution < 1.29 is 4.79 Å². The lowest BCUT2D eigenvalue weighted by atomic mass is 10.0. The molecule has 0 bridgehead atoms. The number of amides is 1. The second kappa shape index (κ2) is 6.46. The number of hydrazine groups is 1. The molecule has 0 saturated carbocycles. The van der Waals surface area contributed by atoms with Gasteiger partial charge in [-0.1, -0.05) is 60.7 Å². The van der Waals surface area contributed by atoms with Gasteiger partial charge in [0.05, 0.1) is 11.4 Å². The highest BCUT2D eigenvalue weighted by Gasteiger charge is 2.18. The lowest BCUT2D eigenvalue weighted by molar-refractivity contribution is 0.0948. The quantitative estimate of drug-likeness (QED) is 0.339. The van der Waals surface area contributed by atoms with Gasteiger partial charge in [-0.25, -0.2) is 10.5 Å². The lowest BCUT2D eigenvalue weighted by Gasteiger charge is -2.12. The first-order chi connectivity index (χ1) is 12.7. The van der Waals surface area contributed by atoms with Crippen molar-refractivity contribution in [3.05, 3.63) is 84.1 Å². The fraction of sp³-hybridized carbons (Fsp3) is 0.0476. The van der Waals surface area contributed by atoms with E-state index >= 15 is 0 Å². The first kappa shape index (κ1) is 16.1. The standard InChI is InChI=1S/C21H18N4O/c1-14-7-2-5-12-19(14)25-20(13-18(24-25)21(26)23-22)17-11-6-9-15-8-3-4-10-16(15)17/h2-13H,22H2,1H3,(H,23,26). The molecule has 0 saturated heterocycles. The summed E-state index contributed by atoms with van der Waals surface area (Å²) in [7, 11) is 0. The maximum atomic E-state index is 12.1. The minimum atomic E-state index is -0.418. The second-order valence-corrected chi connectivity index (χ2v) is 6.11. The molecule has 0 radical (unpaired) electrons. The zero-order valence-electron chi connectivity index (χ0n) is 14.3. The summed E-state index contributed by atoms with van der Waals surface area (Å²) in [6.45, 7) is 2.02. The van der Waals surface area contributed by atoms with E-state index in [0.717, 1.165) is 33.3 Å². The molecular weight excluding hydrogens is 324 g/mol. The van der Waals surface area contributed by atoms with Crippen molar-refractivity contribution in [3.63, 3.8) is 0 Å². The van der Waals surface area contributed by atoms with Gasteiger partial charge in [0.15, 0.2) is 5.69 Å². The van der Waals surface area contributed by atoms with Crippen LogP contribution < -0.4 is 11.3 Å². The number of carbonyl (C=O) groups is 1. The van der Waals surface area contributed by atoms with Gasteiger partial charge in [0, 0.05) is 5.56 Å². The summed E-state index contributed by atoms with van der Waals surface area (Å²) in [5.74, 6) is 4.89.